The lowest BCUT2D eigenvalue weighted by molar-refractivity contribution is 0.146. The highest BCUT2D eigenvalue weighted by Gasteiger charge is 2.17. The first-order valence-electron chi connectivity index (χ1n) is 6.25. The molecule has 0 fully saturated rings. The Hall–Kier alpha value is -0.800. The first kappa shape index (κ1) is 15.3. The summed E-state index contributed by atoms with van der Waals surface area (Å²) in [7, 11) is 0. The molecular formula is C14H21ClFNO. The van der Waals surface area contributed by atoms with Crippen LogP contribution in [0.15, 0.2) is 18.2 Å². The molecule has 1 rings (SSSR count). The smallest absolute Gasteiger partial charge is 0.138 e. The van der Waals surface area contributed by atoms with E-state index in [9.17, 15) is 4.39 Å². The minimum Gasteiger partial charge on any atom is -0.487 e. The summed E-state index contributed by atoms with van der Waals surface area (Å²) in [6, 6.07) is 4.60. The third kappa shape index (κ3) is 4.83. The van der Waals surface area contributed by atoms with E-state index in [4.69, 9.17) is 16.3 Å². The highest BCUT2D eigenvalue weighted by molar-refractivity contribution is 6.32. The lowest BCUT2D eigenvalue weighted by atomic mass is 10.1. The molecule has 0 spiro atoms. The molecule has 0 aliphatic heterocycles. The van der Waals surface area contributed by atoms with Gasteiger partial charge in [-0.1, -0.05) is 39.3 Å². The van der Waals surface area contributed by atoms with E-state index in [1.807, 2.05) is 0 Å². The van der Waals surface area contributed by atoms with Gasteiger partial charge >= 0.3 is 0 Å². The largest absolute Gasteiger partial charge is 0.487 e. The Kier molecular flexibility index (Phi) is 5.89. The van der Waals surface area contributed by atoms with Crippen LogP contribution >= 0.6 is 11.6 Å². The van der Waals surface area contributed by atoms with Gasteiger partial charge < -0.3 is 10.1 Å². The lowest BCUT2D eigenvalue weighted by Gasteiger charge is -2.24. The normalized spacial score (nSPS) is 13.1. The molecule has 1 aromatic carbocycles. The predicted molar refractivity (Wildman–Crippen MR) is 73.8 cm³/mol. The quantitative estimate of drug-likeness (QED) is 0.849. The molecule has 0 saturated carbocycles. The zero-order valence-electron chi connectivity index (χ0n) is 11.3. The molecule has 1 N–H and O–H groups in total. The van der Waals surface area contributed by atoms with Crippen molar-refractivity contribution in [2.45, 2.75) is 39.8 Å². The molecule has 0 aliphatic carbocycles. The van der Waals surface area contributed by atoms with Crippen molar-refractivity contribution in [3.8, 4) is 5.75 Å². The minimum absolute atomic E-state index is 0.00959. The summed E-state index contributed by atoms with van der Waals surface area (Å²) in [6.45, 7) is 9.09. The maximum Gasteiger partial charge on any atom is 0.138 e. The molecule has 0 heterocycles. The summed E-state index contributed by atoms with van der Waals surface area (Å²) in [5.41, 5.74) is 0. The average molecular weight is 274 g/mol. The van der Waals surface area contributed by atoms with Crippen molar-refractivity contribution in [3.05, 3.63) is 29.0 Å². The van der Waals surface area contributed by atoms with E-state index >= 15 is 0 Å². The molecule has 102 valence electrons. The van der Waals surface area contributed by atoms with Crippen LogP contribution in [0.25, 0.3) is 0 Å². The fraction of sp³-hybridized carbons (Fsp3) is 0.571. The third-order valence-corrected chi connectivity index (χ3v) is 2.94. The van der Waals surface area contributed by atoms with Crippen LogP contribution in [-0.2, 0) is 0 Å². The SMILES string of the molecule is CC(C)NCC(Oc1ccc(F)cc1Cl)C(C)C. The van der Waals surface area contributed by atoms with Crippen LogP contribution in [0, 0.1) is 11.7 Å². The maximum atomic E-state index is 12.9. The highest BCUT2D eigenvalue weighted by Crippen LogP contribution is 2.27. The van der Waals surface area contributed by atoms with Gasteiger partial charge in [0.15, 0.2) is 0 Å². The summed E-state index contributed by atoms with van der Waals surface area (Å²) in [6.07, 6.45) is 0.00959. The number of ether oxygens (including phenoxy) is 1. The highest BCUT2D eigenvalue weighted by atomic mass is 35.5. The van der Waals surface area contributed by atoms with E-state index in [0.29, 0.717) is 22.7 Å². The van der Waals surface area contributed by atoms with Gasteiger partial charge in [-0.05, 0) is 24.1 Å². The number of hydrogen-bond acceptors (Lipinski definition) is 2. The van der Waals surface area contributed by atoms with Crippen LogP contribution < -0.4 is 10.1 Å². The first-order valence-corrected chi connectivity index (χ1v) is 6.63. The van der Waals surface area contributed by atoms with E-state index in [2.05, 4.69) is 33.0 Å². The monoisotopic (exact) mass is 273 g/mol. The van der Waals surface area contributed by atoms with Gasteiger partial charge in [0, 0.05) is 12.6 Å². The van der Waals surface area contributed by atoms with Crippen molar-refractivity contribution in [3.63, 3.8) is 0 Å². The number of hydrogen-bond donors (Lipinski definition) is 1. The van der Waals surface area contributed by atoms with Crippen molar-refractivity contribution < 1.29 is 9.13 Å². The number of rotatable bonds is 6. The molecule has 0 saturated heterocycles. The molecule has 0 radical (unpaired) electrons. The number of halogens is 2. The van der Waals surface area contributed by atoms with Gasteiger partial charge in [0.05, 0.1) is 5.02 Å². The van der Waals surface area contributed by atoms with Gasteiger partial charge in [0.25, 0.3) is 0 Å². The van der Waals surface area contributed by atoms with Crippen LogP contribution in [0.4, 0.5) is 4.39 Å². The minimum atomic E-state index is -0.353. The van der Waals surface area contributed by atoms with Gasteiger partial charge in [0.2, 0.25) is 0 Å². The van der Waals surface area contributed by atoms with Crippen LogP contribution in [0.2, 0.25) is 5.02 Å². The molecule has 1 unspecified atom stereocenters. The van der Waals surface area contributed by atoms with E-state index in [0.717, 1.165) is 6.54 Å². The van der Waals surface area contributed by atoms with Crippen LogP contribution in [-0.4, -0.2) is 18.7 Å². The summed E-state index contributed by atoms with van der Waals surface area (Å²) in [5.74, 6) is 0.522. The second kappa shape index (κ2) is 6.95. The Bertz CT molecular complexity index is 382. The molecule has 0 aliphatic rings. The Morgan fingerprint density at radius 3 is 2.44 bits per heavy atom. The maximum absolute atomic E-state index is 12.9. The zero-order valence-corrected chi connectivity index (χ0v) is 12.1. The molecule has 0 aromatic heterocycles. The summed E-state index contributed by atoms with van der Waals surface area (Å²) in [5, 5.41) is 3.65. The molecule has 18 heavy (non-hydrogen) atoms. The van der Waals surface area contributed by atoms with Crippen molar-refractivity contribution in [1.29, 1.82) is 0 Å². The number of benzene rings is 1. The Labute approximate surface area is 113 Å². The van der Waals surface area contributed by atoms with E-state index in [-0.39, 0.29) is 11.9 Å². The lowest BCUT2D eigenvalue weighted by Crippen LogP contribution is -2.38. The third-order valence-electron chi connectivity index (χ3n) is 2.64. The molecule has 2 nitrogen and oxygen atoms in total. The van der Waals surface area contributed by atoms with Gasteiger partial charge in [-0.15, -0.1) is 0 Å². The molecule has 1 atom stereocenters. The second-order valence-electron chi connectivity index (χ2n) is 5.04. The number of nitrogens with one attached hydrogen (secondary N) is 1. The van der Waals surface area contributed by atoms with Crippen molar-refractivity contribution in [2.24, 2.45) is 5.92 Å². The van der Waals surface area contributed by atoms with E-state index < -0.39 is 0 Å². The van der Waals surface area contributed by atoms with Crippen LogP contribution in [0.5, 0.6) is 5.75 Å². The average Bonchev–Trinajstić information content (AvgIpc) is 2.26. The Balaban J connectivity index is 2.70. The summed E-state index contributed by atoms with van der Waals surface area (Å²) in [4.78, 5) is 0. The fourth-order valence-electron chi connectivity index (χ4n) is 1.50. The van der Waals surface area contributed by atoms with Crippen molar-refractivity contribution >= 4 is 11.6 Å². The predicted octanol–water partition coefficient (Wildman–Crippen LogP) is 3.88. The van der Waals surface area contributed by atoms with Gasteiger partial charge in [-0.3, -0.25) is 0 Å². The molecular weight excluding hydrogens is 253 g/mol. The van der Waals surface area contributed by atoms with Crippen molar-refractivity contribution in [1.82, 2.24) is 5.32 Å². The van der Waals surface area contributed by atoms with E-state index in [1.165, 1.54) is 12.1 Å². The standard InChI is InChI=1S/C14H21ClFNO/c1-9(2)14(8-17-10(3)4)18-13-6-5-11(16)7-12(13)15/h5-7,9-10,14,17H,8H2,1-4H3. The Morgan fingerprint density at radius 1 is 1.28 bits per heavy atom. The Morgan fingerprint density at radius 2 is 1.94 bits per heavy atom. The first-order chi connectivity index (χ1) is 8.40. The van der Waals surface area contributed by atoms with Crippen LogP contribution in [0.3, 0.4) is 0 Å². The second-order valence-corrected chi connectivity index (χ2v) is 5.45. The topological polar surface area (TPSA) is 21.3 Å². The van der Waals surface area contributed by atoms with Gasteiger partial charge in [-0.2, -0.15) is 0 Å². The molecule has 4 heteroatoms. The van der Waals surface area contributed by atoms with Crippen LogP contribution in [0.1, 0.15) is 27.7 Å². The summed E-state index contributed by atoms with van der Waals surface area (Å²) >= 11 is 5.96. The zero-order chi connectivity index (χ0) is 13.7. The van der Waals surface area contributed by atoms with Crippen molar-refractivity contribution in [2.75, 3.05) is 6.54 Å². The van der Waals surface area contributed by atoms with Gasteiger partial charge in [0.1, 0.15) is 17.7 Å². The van der Waals surface area contributed by atoms with E-state index in [1.54, 1.807) is 6.07 Å². The fourth-order valence-corrected chi connectivity index (χ4v) is 1.71. The summed E-state index contributed by atoms with van der Waals surface area (Å²) < 4.78 is 18.8. The van der Waals surface area contributed by atoms with Gasteiger partial charge in [-0.25, -0.2) is 4.39 Å². The molecule has 0 amide bonds. The molecule has 0 bridgehead atoms. The molecule has 1 aromatic rings.